The quantitative estimate of drug-likeness (QED) is 0.778. The minimum absolute atomic E-state index is 0.248. The maximum Gasteiger partial charge on any atom is 0.237 e. The summed E-state index contributed by atoms with van der Waals surface area (Å²) in [5.74, 6) is -0.0825. The van der Waals surface area contributed by atoms with Gasteiger partial charge < -0.3 is 16.4 Å². The molecular formula is C14H29N3O. The second kappa shape index (κ2) is 5.57. The van der Waals surface area contributed by atoms with Gasteiger partial charge in [-0.2, -0.15) is 0 Å². The highest BCUT2D eigenvalue weighted by atomic mass is 16.1. The Morgan fingerprint density at radius 1 is 1.44 bits per heavy atom. The topological polar surface area (TPSA) is 72.3 Å². The van der Waals surface area contributed by atoms with Crippen LogP contribution < -0.4 is 11.5 Å². The predicted octanol–water partition coefficient (Wildman–Crippen LogP) is 1.34. The molecule has 0 aromatic carbocycles. The van der Waals surface area contributed by atoms with Gasteiger partial charge in [-0.15, -0.1) is 0 Å². The van der Waals surface area contributed by atoms with Gasteiger partial charge in [-0.05, 0) is 44.2 Å². The van der Waals surface area contributed by atoms with Gasteiger partial charge in [0, 0.05) is 6.54 Å². The van der Waals surface area contributed by atoms with E-state index in [1.54, 1.807) is 0 Å². The first-order chi connectivity index (χ1) is 8.15. The van der Waals surface area contributed by atoms with Crippen LogP contribution in [0.4, 0.5) is 0 Å². The van der Waals surface area contributed by atoms with Crippen molar-refractivity contribution in [2.24, 2.45) is 22.8 Å². The fourth-order valence-corrected chi connectivity index (χ4v) is 3.09. The third-order valence-corrected chi connectivity index (χ3v) is 3.93. The largest absolute Gasteiger partial charge is 0.368 e. The summed E-state index contributed by atoms with van der Waals surface area (Å²) in [6, 6.07) is 0. The van der Waals surface area contributed by atoms with E-state index in [1.807, 2.05) is 0 Å². The van der Waals surface area contributed by atoms with Crippen LogP contribution in [-0.4, -0.2) is 36.5 Å². The Labute approximate surface area is 111 Å². The van der Waals surface area contributed by atoms with Gasteiger partial charge in [0.2, 0.25) is 5.91 Å². The van der Waals surface area contributed by atoms with E-state index < -0.39 is 5.54 Å². The van der Waals surface area contributed by atoms with E-state index in [4.69, 9.17) is 11.5 Å². The van der Waals surface area contributed by atoms with Gasteiger partial charge in [0.25, 0.3) is 0 Å². The molecule has 4 nitrogen and oxygen atoms in total. The number of amides is 1. The van der Waals surface area contributed by atoms with Crippen LogP contribution in [-0.2, 0) is 4.79 Å². The van der Waals surface area contributed by atoms with Gasteiger partial charge in [0.1, 0.15) is 0 Å². The molecule has 0 aromatic heterocycles. The molecule has 18 heavy (non-hydrogen) atoms. The second-order valence-electron chi connectivity index (χ2n) is 7.08. The Bertz CT molecular complexity index is 298. The molecule has 0 bridgehead atoms. The zero-order valence-electron chi connectivity index (χ0n) is 12.3. The number of carbonyl (C=O) groups is 1. The maximum absolute atomic E-state index is 11.5. The van der Waals surface area contributed by atoms with E-state index in [9.17, 15) is 4.79 Å². The number of carbonyl (C=O) groups excluding carboxylic acids is 1. The molecule has 0 radical (unpaired) electrons. The minimum atomic E-state index is -0.761. The number of hydrogen-bond acceptors (Lipinski definition) is 3. The van der Waals surface area contributed by atoms with Crippen LogP contribution in [0.2, 0.25) is 0 Å². The Morgan fingerprint density at radius 3 is 2.56 bits per heavy atom. The Balaban J connectivity index is 2.46. The lowest BCUT2D eigenvalue weighted by Gasteiger charge is -2.31. The lowest BCUT2D eigenvalue weighted by Crippen LogP contribution is -2.55. The van der Waals surface area contributed by atoms with Gasteiger partial charge in [0.05, 0.1) is 5.54 Å². The van der Waals surface area contributed by atoms with E-state index in [0.717, 1.165) is 38.8 Å². The lowest BCUT2D eigenvalue weighted by molar-refractivity contribution is -0.124. The third-order valence-electron chi connectivity index (χ3n) is 3.93. The van der Waals surface area contributed by atoms with Crippen molar-refractivity contribution in [3.63, 3.8) is 0 Å². The number of primary amides is 1. The molecule has 1 fully saturated rings. The third kappa shape index (κ3) is 3.95. The molecule has 4 N–H and O–H groups in total. The van der Waals surface area contributed by atoms with Gasteiger partial charge in [0.15, 0.2) is 0 Å². The average Bonchev–Trinajstić information content (AvgIpc) is 2.55. The molecule has 106 valence electrons. The Hall–Kier alpha value is -0.610. The van der Waals surface area contributed by atoms with Gasteiger partial charge in [-0.25, -0.2) is 0 Å². The summed E-state index contributed by atoms with van der Waals surface area (Å²) in [6.45, 7) is 8.73. The van der Waals surface area contributed by atoms with E-state index in [1.165, 1.54) is 0 Å². The van der Waals surface area contributed by atoms with Crippen LogP contribution >= 0.6 is 0 Å². The van der Waals surface area contributed by atoms with Crippen molar-refractivity contribution in [3.8, 4) is 0 Å². The summed E-state index contributed by atoms with van der Waals surface area (Å²) in [7, 11) is 2.13. The van der Waals surface area contributed by atoms with Crippen molar-refractivity contribution in [1.82, 2.24) is 4.90 Å². The summed E-state index contributed by atoms with van der Waals surface area (Å²) >= 11 is 0. The highest BCUT2D eigenvalue weighted by Crippen LogP contribution is 2.36. The normalized spacial score (nSPS) is 28.9. The molecule has 1 aliphatic rings. The summed E-state index contributed by atoms with van der Waals surface area (Å²) in [5.41, 5.74) is 11.2. The summed E-state index contributed by atoms with van der Waals surface area (Å²) in [6.07, 6.45) is 3.76. The summed E-state index contributed by atoms with van der Waals surface area (Å²) < 4.78 is 0. The van der Waals surface area contributed by atoms with Gasteiger partial charge >= 0.3 is 0 Å². The van der Waals surface area contributed by atoms with E-state index in [2.05, 4.69) is 32.7 Å². The van der Waals surface area contributed by atoms with E-state index >= 15 is 0 Å². The molecule has 2 atom stereocenters. The number of nitrogens with zero attached hydrogens (tertiary/aromatic N) is 1. The molecule has 4 heteroatoms. The molecule has 0 saturated heterocycles. The summed E-state index contributed by atoms with van der Waals surface area (Å²) in [4.78, 5) is 13.8. The highest BCUT2D eigenvalue weighted by Gasteiger charge is 2.43. The van der Waals surface area contributed by atoms with Crippen LogP contribution in [0.25, 0.3) is 0 Å². The first-order valence-corrected chi connectivity index (χ1v) is 6.92. The zero-order chi connectivity index (χ0) is 14.0. The highest BCUT2D eigenvalue weighted by molar-refractivity contribution is 5.85. The van der Waals surface area contributed by atoms with Crippen molar-refractivity contribution in [2.45, 2.75) is 52.0 Å². The zero-order valence-corrected chi connectivity index (χ0v) is 12.3. The van der Waals surface area contributed by atoms with Gasteiger partial charge in [-0.3, -0.25) is 4.79 Å². The molecule has 0 aromatic rings. The number of nitrogens with two attached hydrogens (primary N) is 2. The molecule has 1 saturated carbocycles. The average molecular weight is 255 g/mol. The SMILES string of the molecule is CN(CCC1CCCC1(N)C(N)=O)CC(C)(C)C. The molecule has 2 unspecified atom stereocenters. The smallest absolute Gasteiger partial charge is 0.237 e. The number of rotatable bonds is 5. The van der Waals surface area contributed by atoms with Gasteiger partial charge in [-0.1, -0.05) is 27.2 Å². The monoisotopic (exact) mass is 255 g/mol. The van der Waals surface area contributed by atoms with Crippen LogP contribution in [0.15, 0.2) is 0 Å². The molecular weight excluding hydrogens is 226 g/mol. The Morgan fingerprint density at radius 2 is 2.06 bits per heavy atom. The van der Waals surface area contributed by atoms with Crippen molar-refractivity contribution < 1.29 is 4.79 Å². The predicted molar refractivity (Wildman–Crippen MR) is 75.0 cm³/mol. The lowest BCUT2D eigenvalue weighted by atomic mass is 9.84. The minimum Gasteiger partial charge on any atom is -0.368 e. The Kier molecular flexibility index (Phi) is 4.78. The first kappa shape index (κ1) is 15.4. The van der Waals surface area contributed by atoms with Crippen LogP contribution in [0.3, 0.4) is 0 Å². The van der Waals surface area contributed by atoms with E-state index in [0.29, 0.717) is 5.41 Å². The van der Waals surface area contributed by atoms with Crippen LogP contribution in [0.1, 0.15) is 46.5 Å². The second-order valence-corrected chi connectivity index (χ2v) is 7.08. The van der Waals surface area contributed by atoms with E-state index in [-0.39, 0.29) is 11.8 Å². The van der Waals surface area contributed by atoms with Crippen molar-refractivity contribution >= 4 is 5.91 Å². The molecule has 0 heterocycles. The molecule has 1 rings (SSSR count). The van der Waals surface area contributed by atoms with Crippen molar-refractivity contribution in [3.05, 3.63) is 0 Å². The first-order valence-electron chi connectivity index (χ1n) is 6.92. The van der Waals surface area contributed by atoms with Crippen molar-refractivity contribution in [1.29, 1.82) is 0 Å². The van der Waals surface area contributed by atoms with Crippen LogP contribution in [0, 0.1) is 11.3 Å². The number of hydrogen-bond donors (Lipinski definition) is 2. The molecule has 1 amide bonds. The standard InChI is InChI=1S/C14H29N3O/c1-13(2,3)10-17(4)9-7-11-6-5-8-14(11,16)12(15)18/h11H,5-10,16H2,1-4H3,(H2,15,18). The summed E-state index contributed by atoms with van der Waals surface area (Å²) in [5, 5.41) is 0. The van der Waals surface area contributed by atoms with Crippen LogP contribution in [0.5, 0.6) is 0 Å². The van der Waals surface area contributed by atoms with Crippen molar-refractivity contribution in [2.75, 3.05) is 20.1 Å². The fourth-order valence-electron chi connectivity index (χ4n) is 3.09. The molecule has 0 spiro atoms. The fraction of sp³-hybridized carbons (Fsp3) is 0.929. The molecule has 0 aliphatic heterocycles. The molecule has 1 aliphatic carbocycles. The maximum atomic E-state index is 11.5.